The second-order valence-corrected chi connectivity index (χ2v) is 8.78. The third-order valence-electron chi connectivity index (χ3n) is 5.16. The van der Waals surface area contributed by atoms with Crippen molar-refractivity contribution in [1.29, 1.82) is 0 Å². The highest BCUT2D eigenvalue weighted by Gasteiger charge is 2.47. The number of aromatic nitrogens is 3. The molecular weight excluding hydrogens is 414 g/mol. The maximum absolute atomic E-state index is 11.0. The molecule has 1 aliphatic carbocycles. The van der Waals surface area contributed by atoms with Crippen LogP contribution in [0.1, 0.15) is 12.8 Å². The molecule has 0 bridgehead atoms. The second-order valence-electron chi connectivity index (χ2n) is 7.39. The molecule has 1 aliphatic rings. The van der Waals surface area contributed by atoms with Crippen LogP contribution in [0.3, 0.4) is 0 Å². The molecule has 8 nitrogen and oxygen atoms in total. The lowest BCUT2D eigenvalue weighted by atomic mass is 10.0. The predicted octanol–water partition coefficient (Wildman–Crippen LogP) is 2.34. The van der Waals surface area contributed by atoms with Crippen molar-refractivity contribution in [2.45, 2.75) is 24.7 Å². The van der Waals surface area contributed by atoms with Crippen LogP contribution in [-0.4, -0.2) is 62.8 Å². The Morgan fingerprint density at radius 1 is 1.28 bits per heavy atom. The Bertz CT molecular complexity index is 1010. The van der Waals surface area contributed by atoms with Crippen LogP contribution in [0.25, 0.3) is 20.8 Å². The summed E-state index contributed by atoms with van der Waals surface area (Å²) in [4.78, 5) is 15.2. The summed E-state index contributed by atoms with van der Waals surface area (Å²) >= 11 is 7.97. The summed E-state index contributed by atoms with van der Waals surface area (Å²) in [6.07, 6.45) is -0.401. The number of rotatable bonds is 5. The van der Waals surface area contributed by atoms with Gasteiger partial charge in [-0.3, -0.25) is 0 Å². The Morgan fingerprint density at radius 2 is 2.03 bits per heavy atom. The topological polar surface area (TPSA) is 115 Å². The van der Waals surface area contributed by atoms with Gasteiger partial charge >= 0.3 is 0 Å². The van der Waals surface area contributed by atoms with Crippen molar-refractivity contribution in [3.8, 4) is 10.6 Å². The van der Waals surface area contributed by atoms with Crippen molar-refractivity contribution in [2.75, 3.05) is 30.9 Å². The van der Waals surface area contributed by atoms with E-state index >= 15 is 0 Å². The first-order chi connectivity index (χ1) is 13.8. The van der Waals surface area contributed by atoms with E-state index in [9.17, 15) is 15.3 Å². The van der Waals surface area contributed by atoms with E-state index in [1.54, 1.807) is 19.0 Å². The van der Waals surface area contributed by atoms with Crippen molar-refractivity contribution in [1.82, 2.24) is 15.0 Å². The second kappa shape index (κ2) is 7.66. The zero-order valence-corrected chi connectivity index (χ0v) is 17.6. The molecule has 1 saturated carbocycles. The standard InChI is InChI=1S/C19H22ClN5O3S/c1-25(2)18-22-15(20)13(17-21-11-5-3-4-6-12(11)29-17)16(23-18)24-19(28)8-7-10(9-26)14(19)27/h3-6,10,14,26-28H,7-9H2,1-2H3,(H,22,23,24). The van der Waals surface area contributed by atoms with Gasteiger partial charge in [-0.2, -0.15) is 4.98 Å². The van der Waals surface area contributed by atoms with Gasteiger partial charge in [-0.25, -0.2) is 9.97 Å². The highest BCUT2D eigenvalue weighted by atomic mass is 35.5. The highest BCUT2D eigenvalue weighted by Crippen LogP contribution is 2.42. The van der Waals surface area contributed by atoms with Gasteiger partial charge in [0.2, 0.25) is 5.95 Å². The summed E-state index contributed by atoms with van der Waals surface area (Å²) in [6, 6.07) is 7.71. The van der Waals surface area contributed by atoms with Crippen LogP contribution >= 0.6 is 22.9 Å². The van der Waals surface area contributed by atoms with Crippen LogP contribution in [0.15, 0.2) is 24.3 Å². The molecule has 29 heavy (non-hydrogen) atoms. The van der Waals surface area contributed by atoms with Crippen molar-refractivity contribution in [3.05, 3.63) is 29.4 Å². The number of aliphatic hydroxyl groups is 3. The number of nitrogens with one attached hydrogen (secondary N) is 1. The first-order valence-corrected chi connectivity index (χ1v) is 10.4. The molecule has 3 atom stereocenters. The average Bonchev–Trinajstić information content (AvgIpc) is 3.22. The zero-order chi connectivity index (χ0) is 20.8. The molecular formula is C19H22ClN5O3S. The number of benzene rings is 1. The lowest BCUT2D eigenvalue weighted by Crippen LogP contribution is -2.48. The van der Waals surface area contributed by atoms with Gasteiger partial charge < -0.3 is 25.5 Å². The summed E-state index contributed by atoms with van der Waals surface area (Å²) in [6.45, 7) is -0.205. The lowest BCUT2D eigenvalue weighted by Gasteiger charge is -2.31. The Balaban J connectivity index is 1.83. The minimum absolute atomic E-state index is 0.194. The monoisotopic (exact) mass is 435 g/mol. The number of nitrogens with zero attached hydrogens (tertiary/aromatic N) is 4. The van der Waals surface area contributed by atoms with E-state index in [0.717, 1.165) is 10.2 Å². The minimum Gasteiger partial charge on any atom is -0.396 e. The van der Waals surface area contributed by atoms with Crippen LogP contribution in [0.5, 0.6) is 0 Å². The smallest absolute Gasteiger partial charge is 0.228 e. The van der Waals surface area contributed by atoms with Crippen LogP contribution in [-0.2, 0) is 0 Å². The number of para-hydroxylation sites is 1. The summed E-state index contributed by atoms with van der Waals surface area (Å²) in [7, 11) is 3.57. The summed E-state index contributed by atoms with van der Waals surface area (Å²) in [5.74, 6) is 0.231. The third-order valence-corrected chi connectivity index (χ3v) is 6.49. The Kier molecular flexibility index (Phi) is 5.34. The van der Waals surface area contributed by atoms with Gasteiger partial charge in [-0.05, 0) is 25.0 Å². The molecule has 1 aromatic carbocycles. The number of hydrogen-bond donors (Lipinski definition) is 4. The van der Waals surface area contributed by atoms with Crippen LogP contribution in [0.2, 0.25) is 5.15 Å². The number of thiazole rings is 1. The fourth-order valence-electron chi connectivity index (χ4n) is 3.52. The van der Waals surface area contributed by atoms with Crippen LogP contribution < -0.4 is 10.2 Å². The molecule has 2 heterocycles. The fourth-order valence-corrected chi connectivity index (χ4v) is 4.84. The van der Waals surface area contributed by atoms with E-state index in [1.165, 1.54) is 11.3 Å². The number of halogens is 1. The van der Waals surface area contributed by atoms with Gasteiger partial charge in [0.05, 0.1) is 15.8 Å². The van der Waals surface area contributed by atoms with Gasteiger partial charge in [0, 0.05) is 26.6 Å². The molecule has 0 aliphatic heterocycles. The quantitative estimate of drug-likeness (QED) is 0.356. The SMILES string of the molecule is CN(C)c1nc(Cl)c(-c2nc3ccccc3s2)c(NC2(O)CCC(CO)C2O)n1. The predicted molar refractivity (Wildman–Crippen MR) is 114 cm³/mol. The van der Waals surface area contributed by atoms with Crippen LogP contribution in [0.4, 0.5) is 11.8 Å². The van der Waals surface area contributed by atoms with Gasteiger partial charge in [0.1, 0.15) is 22.1 Å². The van der Waals surface area contributed by atoms with E-state index < -0.39 is 17.7 Å². The summed E-state index contributed by atoms with van der Waals surface area (Å²) in [5.41, 5.74) is -0.349. The highest BCUT2D eigenvalue weighted by molar-refractivity contribution is 7.21. The zero-order valence-electron chi connectivity index (χ0n) is 16.0. The Labute approximate surface area is 176 Å². The van der Waals surface area contributed by atoms with Gasteiger partial charge in [-0.1, -0.05) is 23.7 Å². The van der Waals surface area contributed by atoms with Crippen molar-refractivity contribution < 1.29 is 15.3 Å². The number of aliphatic hydroxyl groups excluding tert-OH is 2. The molecule has 0 amide bonds. The molecule has 4 N–H and O–H groups in total. The largest absolute Gasteiger partial charge is 0.396 e. The molecule has 0 spiro atoms. The number of fused-ring (bicyclic) bond motifs is 1. The first kappa shape index (κ1) is 20.2. The van der Waals surface area contributed by atoms with E-state index in [4.69, 9.17) is 11.6 Å². The lowest BCUT2D eigenvalue weighted by molar-refractivity contribution is -0.0545. The van der Waals surface area contributed by atoms with E-state index in [0.29, 0.717) is 22.9 Å². The van der Waals surface area contributed by atoms with Gasteiger partial charge in [0.25, 0.3) is 0 Å². The van der Waals surface area contributed by atoms with Gasteiger partial charge in [0.15, 0.2) is 5.72 Å². The van der Waals surface area contributed by atoms with Crippen molar-refractivity contribution in [3.63, 3.8) is 0 Å². The first-order valence-electron chi connectivity index (χ1n) is 9.22. The molecule has 0 saturated heterocycles. The Hall–Kier alpha value is -2.04. The average molecular weight is 436 g/mol. The molecule has 10 heteroatoms. The van der Waals surface area contributed by atoms with E-state index in [2.05, 4.69) is 20.3 Å². The van der Waals surface area contributed by atoms with Crippen molar-refractivity contribution >= 4 is 44.9 Å². The number of anilines is 2. The summed E-state index contributed by atoms with van der Waals surface area (Å²) < 4.78 is 0.987. The molecule has 3 unspecified atom stereocenters. The number of hydrogen-bond acceptors (Lipinski definition) is 9. The van der Waals surface area contributed by atoms with E-state index in [-0.39, 0.29) is 24.0 Å². The maximum Gasteiger partial charge on any atom is 0.228 e. The fraction of sp³-hybridized carbons (Fsp3) is 0.421. The Morgan fingerprint density at radius 3 is 2.69 bits per heavy atom. The van der Waals surface area contributed by atoms with Crippen molar-refractivity contribution in [2.24, 2.45) is 5.92 Å². The van der Waals surface area contributed by atoms with Gasteiger partial charge in [-0.15, -0.1) is 11.3 Å². The molecule has 1 fully saturated rings. The molecule has 4 rings (SSSR count). The third kappa shape index (κ3) is 3.64. The molecule has 0 radical (unpaired) electrons. The van der Waals surface area contributed by atoms with Crippen LogP contribution in [0, 0.1) is 5.92 Å². The molecule has 154 valence electrons. The van der Waals surface area contributed by atoms with E-state index in [1.807, 2.05) is 24.3 Å². The maximum atomic E-state index is 11.0. The summed E-state index contributed by atoms with van der Waals surface area (Å²) in [5, 5.41) is 34.8. The normalized spacial score (nSPS) is 24.2. The minimum atomic E-state index is -1.64. The molecule has 2 aromatic heterocycles. The molecule has 3 aromatic rings.